The highest BCUT2D eigenvalue weighted by Gasteiger charge is 2.32. The first-order valence-corrected chi connectivity index (χ1v) is 8.15. The lowest BCUT2D eigenvalue weighted by molar-refractivity contribution is 0.249. The van der Waals surface area contributed by atoms with Crippen molar-refractivity contribution in [2.45, 2.75) is 50.2 Å². The van der Waals surface area contributed by atoms with Crippen molar-refractivity contribution in [3.63, 3.8) is 0 Å². The summed E-state index contributed by atoms with van der Waals surface area (Å²) in [6.45, 7) is 1.80. The maximum absolute atomic E-state index is 12.7. The molecule has 0 atom stereocenters. The first-order valence-electron chi connectivity index (χ1n) is 6.71. The van der Waals surface area contributed by atoms with Crippen LogP contribution in [0.4, 0.5) is 0 Å². The van der Waals surface area contributed by atoms with Gasteiger partial charge < -0.3 is 5.11 Å². The largest absolute Gasteiger partial charge is 0.392 e. The number of aryl methyl sites for hydroxylation is 1. The minimum Gasteiger partial charge on any atom is -0.392 e. The number of sulfonamides is 1. The van der Waals surface area contributed by atoms with Crippen molar-refractivity contribution in [1.82, 2.24) is 4.31 Å². The van der Waals surface area contributed by atoms with E-state index in [1.54, 1.807) is 25.2 Å². The van der Waals surface area contributed by atoms with E-state index in [-0.39, 0.29) is 12.6 Å². The second kappa shape index (κ2) is 5.61. The second-order valence-corrected chi connectivity index (χ2v) is 7.03. The van der Waals surface area contributed by atoms with Crippen molar-refractivity contribution in [2.75, 3.05) is 7.05 Å². The highest BCUT2D eigenvalue weighted by Crippen LogP contribution is 2.30. The van der Waals surface area contributed by atoms with E-state index < -0.39 is 10.0 Å². The average Bonchev–Trinajstić information content (AvgIpc) is 2.35. The molecule has 2 rings (SSSR count). The molecule has 0 heterocycles. The summed E-state index contributed by atoms with van der Waals surface area (Å²) < 4.78 is 26.8. The Morgan fingerprint density at radius 2 is 2.05 bits per heavy atom. The Labute approximate surface area is 115 Å². The van der Waals surface area contributed by atoms with Crippen LogP contribution in [-0.4, -0.2) is 30.9 Å². The molecule has 1 aliphatic rings. The van der Waals surface area contributed by atoms with E-state index in [2.05, 4.69) is 0 Å². The molecule has 4 nitrogen and oxygen atoms in total. The van der Waals surface area contributed by atoms with Crippen molar-refractivity contribution in [1.29, 1.82) is 0 Å². The summed E-state index contributed by atoms with van der Waals surface area (Å²) in [6.07, 6.45) is 3.65. The van der Waals surface area contributed by atoms with Crippen LogP contribution < -0.4 is 0 Å². The van der Waals surface area contributed by atoms with Gasteiger partial charge in [0.25, 0.3) is 0 Å². The monoisotopic (exact) mass is 283 g/mol. The zero-order valence-electron chi connectivity index (χ0n) is 11.5. The number of aliphatic hydroxyl groups excluding tert-OH is 1. The molecule has 1 aromatic rings. The third-order valence-corrected chi connectivity index (χ3v) is 5.93. The second-order valence-electron chi connectivity index (χ2n) is 5.06. The van der Waals surface area contributed by atoms with E-state index in [9.17, 15) is 13.5 Å². The Morgan fingerprint density at radius 1 is 1.37 bits per heavy atom. The minimum atomic E-state index is -3.45. The van der Waals surface area contributed by atoms with E-state index in [1.165, 1.54) is 4.31 Å². The van der Waals surface area contributed by atoms with Crippen molar-refractivity contribution in [3.8, 4) is 0 Å². The quantitative estimate of drug-likeness (QED) is 0.898. The molecular weight excluding hydrogens is 262 g/mol. The number of hydrogen-bond donors (Lipinski definition) is 1. The van der Waals surface area contributed by atoms with Crippen molar-refractivity contribution in [2.24, 2.45) is 0 Å². The van der Waals surface area contributed by atoms with Crippen molar-refractivity contribution in [3.05, 3.63) is 29.3 Å². The van der Waals surface area contributed by atoms with Gasteiger partial charge in [-0.05, 0) is 36.5 Å². The molecule has 0 radical (unpaired) electrons. The van der Waals surface area contributed by atoms with Gasteiger partial charge in [-0.15, -0.1) is 0 Å². The van der Waals surface area contributed by atoms with Crippen LogP contribution in [0.3, 0.4) is 0 Å². The fraction of sp³-hybridized carbons (Fsp3) is 0.571. The predicted molar refractivity (Wildman–Crippen MR) is 74.3 cm³/mol. The van der Waals surface area contributed by atoms with Crippen LogP contribution in [0.1, 0.15) is 37.3 Å². The van der Waals surface area contributed by atoms with E-state index in [0.29, 0.717) is 16.9 Å². The molecule has 106 valence electrons. The van der Waals surface area contributed by atoms with Crippen molar-refractivity contribution >= 4 is 10.0 Å². The van der Waals surface area contributed by atoms with Crippen LogP contribution >= 0.6 is 0 Å². The van der Waals surface area contributed by atoms with Gasteiger partial charge in [-0.2, -0.15) is 4.31 Å². The Morgan fingerprint density at radius 3 is 2.53 bits per heavy atom. The normalized spacial score (nSPS) is 16.6. The standard InChI is InChI=1S/C14H21NO3S/c1-3-12-8-7-11(10-16)9-14(12)19(17,18)15(2)13-5-4-6-13/h7-9,13,16H,3-6,10H2,1-2H3. The smallest absolute Gasteiger partial charge is 0.243 e. The zero-order valence-corrected chi connectivity index (χ0v) is 12.3. The summed E-state index contributed by atoms with van der Waals surface area (Å²) in [7, 11) is -1.80. The van der Waals surface area contributed by atoms with Gasteiger partial charge in [-0.25, -0.2) is 8.42 Å². The topological polar surface area (TPSA) is 57.6 Å². The van der Waals surface area contributed by atoms with Gasteiger partial charge in [0.05, 0.1) is 11.5 Å². The Bertz CT molecular complexity index is 550. The van der Waals surface area contributed by atoms with E-state index in [4.69, 9.17) is 0 Å². The van der Waals surface area contributed by atoms with Gasteiger partial charge in [0.2, 0.25) is 10.0 Å². The van der Waals surface area contributed by atoms with Gasteiger partial charge >= 0.3 is 0 Å². The molecule has 0 unspecified atom stereocenters. The molecule has 5 heteroatoms. The van der Waals surface area contributed by atoms with E-state index in [0.717, 1.165) is 24.8 Å². The number of rotatable bonds is 5. The Hall–Kier alpha value is -0.910. The van der Waals surface area contributed by atoms with Gasteiger partial charge in [-0.1, -0.05) is 25.5 Å². The SMILES string of the molecule is CCc1ccc(CO)cc1S(=O)(=O)N(C)C1CCC1. The fourth-order valence-corrected chi connectivity index (χ4v) is 4.09. The maximum atomic E-state index is 12.7. The summed E-state index contributed by atoms with van der Waals surface area (Å²) in [5.74, 6) is 0. The lowest BCUT2D eigenvalue weighted by atomic mass is 9.94. The third kappa shape index (κ3) is 2.68. The first-order chi connectivity index (χ1) is 9.00. The van der Waals surface area contributed by atoms with Crippen LogP contribution in [0.25, 0.3) is 0 Å². The fourth-order valence-electron chi connectivity index (χ4n) is 2.33. The summed E-state index contributed by atoms with van der Waals surface area (Å²) in [5.41, 5.74) is 1.45. The summed E-state index contributed by atoms with van der Waals surface area (Å²) >= 11 is 0. The van der Waals surface area contributed by atoms with E-state index >= 15 is 0 Å². The predicted octanol–water partition coefficient (Wildman–Crippen LogP) is 1.91. The number of hydrogen-bond acceptors (Lipinski definition) is 3. The number of benzene rings is 1. The first kappa shape index (κ1) is 14.5. The Balaban J connectivity index is 2.43. The van der Waals surface area contributed by atoms with Crippen molar-refractivity contribution < 1.29 is 13.5 Å². The molecule has 1 saturated carbocycles. The van der Waals surface area contributed by atoms with Gasteiger partial charge in [0.15, 0.2) is 0 Å². The van der Waals surface area contributed by atoms with Crippen LogP contribution in [0.15, 0.2) is 23.1 Å². The molecule has 0 bridgehead atoms. The molecule has 1 N–H and O–H groups in total. The molecule has 1 aromatic carbocycles. The average molecular weight is 283 g/mol. The highest BCUT2D eigenvalue weighted by atomic mass is 32.2. The van der Waals surface area contributed by atoms with Crippen LogP contribution in [0, 0.1) is 0 Å². The molecule has 0 saturated heterocycles. The highest BCUT2D eigenvalue weighted by molar-refractivity contribution is 7.89. The Kier molecular flexibility index (Phi) is 4.28. The summed E-state index contributed by atoms with van der Waals surface area (Å²) in [4.78, 5) is 0.343. The molecule has 0 amide bonds. The van der Waals surface area contributed by atoms with Gasteiger partial charge in [-0.3, -0.25) is 0 Å². The maximum Gasteiger partial charge on any atom is 0.243 e. The molecular formula is C14H21NO3S. The van der Waals surface area contributed by atoms with E-state index in [1.807, 2.05) is 6.92 Å². The lowest BCUT2D eigenvalue weighted by Gasteiger charge is -2.34. The number of nitrogens with zero attached hydrogens (tertiary/aromatic N) is 1. The zero-order chi connectivity index (χ0) is 14.0. The summed E-state index contributed by atoms with van der Waals surface area (Å²) in [6, 6.07) is 5.31. The van der Waals surface area contributed by atoms with Crippen LogP contribution in [-0.2, 0) is 23.1 Å². The minimum absolute atomic E-state index is 0.132. The number of aliphatic hydroxyl groups is 1. The molecule has 0 aliphatic heterocycles. The molecule has 0 spiro atoms. The third-order valence-electron chi connectivity index (χ3n) is 3.94. The molecule has 1 aliphatic carbocycles. The lowest BCUT2D eigenvalue weighted by Crippen LogP contribution is -2.41. The van der Waals surface area contributed by atoms with Gasteiger partial charge in [0.1, 0.15) is 0 Å². The van der Waals surface area contributed by atoms with Crippen LogP contribution in [0.2, 0.25) is 0 Å². The van der Waals surface area contributed by atoms with Gasteiger partial charge in [0, 0.05) is 13.1 Å². The molecule has 1 fully saturated rings. The van der Waals surface area contributed by atoms with Crippen LogP contribution in [0.5, 0.6) is 0 Å². The summed E-state index contributed by atoms with van der Waals surface area (Å²) in [5, 5.41) is 9.19. The molecule has 19 heavy (non-hydrogen) atoms. The molecule has 0 aromatic heterocycles.